The smallest absolute Gasteiger partial charge is 0.125 e. The quantitative estimate of drug-likeness (QED) is 0.856. The molecule has 1 aliphatic carbocycles. The maximum absolute atomic E-state index is 13.0. The first-order valence-electron chi connectivity index (χ1n) is 6.97. The monoisotopic (exact) mass is 271 g/mol. The van der Waals surface area contributed by atoms with Gasteiger partial charge in [0.15, 0.2) is 0 Å². The average Bonchev–Trinajstić information content (AvgIpc) is 2.46. The molecule has 0 aromatic heterocycles. The lowest BCUT2D eigenvalue weighted by atomic mass is 9.89. The zero-order valence-electron chi connectivity index (χ0n) is 11.3. The molecule has 0 bridgehead atoms. The predicted octanol–water partition coefficient (Wildman–Crippen LogP) is 4.00. The Hall–Kier alpha value is -1.87. The van der Waals surface area contributed by atoms with E-state index >= 15 is 0 Å². The summed E-state index contributed by atoms with van der Waals surface area (Å²) >= 11 is 0. The largest absolute Gasteiger partial charge is 0.398 e. The van der Waals surface area contributed by atoms with Crippen LogP contribution >= 0.6 is 0 Å². The van der Waals surface area contributed by atoms with Crippen LogP contribution in [0.3, 0.4) is 0 Å². The van der Waals surface area contributed by atoms with E-state index in [1.165, 1.54) is 23.3 Å². The van der Waals surface area contributed by atoms with Gasteiger partial charge in [-0.2, -0.15) is 0 Å². The lowest BCUT2D eigenvalue weighted by molar-refractivity contribution is 0.0285. The second-order valence-corrected chi connectivity index (χ2v) is 5.23. The van der Waals surface area contributed by atoms with Gasteiger partial charge < -0.3 is 10.5 Å². The Labute approximate surface area is 118 Å². The van der Waals surface area contributed by atoms with Crippen molar-refractivity contribution in [2.45, 2.75) is 32.0 Å². The van der Waals surface area contributed by atoms with Crippen molar-refractivity contribution >= 4 is 5.69 Å². The molecule has 2 aromatic carbocycles. The highest BCUT2D eigenvalue weighted by molar-refractivity contribution is 5.46. The van der Waals surface area contributed by atoms with E-state index in [1.807, 2.05) is 6.07 Å². The minimum atomic E-state index is -0.311. The van der Waals surface area contributed by atoms with Crippen molar-refractivity contribution in [2.75, 3.05) is 5.73 Å². The van der Waals surface area contributed by atoms with E-state index < -0.39 is 0 Å². The van der Waals surface area contributed by atoms with Gasteiger partial charge in [-0.05, 0) is 42.5 Å². The number of benzene rings is 2. The highest BCUT2D eigenvalue weighted by atomic mass is 19.1. The number of nitrogen functional groups attached to an aromatic ring is 1. The summed E-state index contributed by atoms with van der Waals surface area (Å²) < 4.78 is 19.0. The van der Waals surface area contributed by atoms with Crippen LogP contribution in [-0.4, -0.2) is 0 Å². The zero-order valence-corrected chi connectivity index (χ0v) is 11.3. The van der Waals surface area contributed by atoms with Gasteiger partial charge in [0.25, 0.3) is 0 Å². The molecule has 1 atom stereocenters. The molecule has 0 saturated carbocycles. The van der Waals surface area contributed by atoms with Crippen LogP contribution in [0.1, 0.15) is 35.6 Å². The molecular weight excluding hydrogens is 253 g/mol. The van der Waals surface area contributed by atoms with E-state index in [0.29, 0.717) is 12.3 Å². The number of fused-ring (bicyclic) bond motifs is 1. The maximum atomic E-state index is 13.0. The number of ether oxygens (including phenoxy) is 1. The fraction of sp³-hybridized carbons (Fsp3) is 0.294. The molecule has 3 heteroatoms. The van der Waals surface area contributed by atoms with E-state index in [-0.39, 0.29) is 11.9 Å². The number of nitrogens with two attached hydrogens (primary N) is 1. The second kappa shape index (κ2) is 5.63. The molecular formula is C17H18FNO. The first kappa shape index (κ1) is 13.1. The molecule has 0 spiro atoms. The van der Waals surface area contributed by atoms with E-state index in [0.717, 1.165) is 24.8 Å². The van der Waals surface area contributed by atoms with Gasteiger partial charge in [-0.1, -0.05) is 30.3 Å². The van der Waals surface area contributed by atoms with Gasteiger partial charge in [0, 0.05) is 11.3 Å². The van der Waals surface area contributed by atoms with E-state index in [9.17, 15) is 4.39 Å². The molecule has 0 radical (unpaired) electrons. The Morgan fingerprint density at radius 1 is 1.20 bits per heavy atom. The third-order valence-corrected chi connectivity index (χ3v) is 3.86. The first-order valence-corrected chi connectivity index (χ1v) is 6.97. The predicted molar refractivity (Wildman–Crippen MR) is 77.7 cm³/mol. The molecule has 1 unspecified atom stereocenters. The van der Waals surface area contributed by atoms with Gasteiger partial charge in [-0.25, -0.2) is 4.39 Å². The highest BCUT2D eigenvalue weighted by Gasteiger charge is 2.20. The topological polar surface area (TPSA) is 35.2 Å². The Morgan fingerprint density at radius 2 is 2.05 bits per heavy atom. The number of hydrogen-bond acceptors (Lipinski definition) is 2. The van der Waals surface area contributed by atoms with Crippen LogP contribution in [0.2, 0.25) is 0 Å². The van der Waals surface area contributed by atoms with Crippen LogP contribution < -0.4 is 5.73 Å². The lowest BCUT2D eigenvalue weighted by Crippen LogP contribution is -2.13. The summed E-state index contributed by atoms with van der Waals surface area (Å²) in [6.45, 7) is 0.422. The molecule has 2 N–H and O–H groups in total. The Bertz CT molecular complexity index is 612. The third kappa shape index (κ3) is 2.68. The second-order valence-electron chi connectivity index (χ2n) is 5.23. The van der Waals surface area contributed by atoms with Gasteiger partial charge in [-0.15, -0.1) is 0 Å². The average molecular weight is 271 g/mol. The molecule has 3 rings (SSSR count). The lowest BCUT2D eigenvalue weighted by Gasteiger charge is -2.25. The molecule has 1 aliphatic rings. The zero-order chi connectivity index (χ0) is 13.9. The fourth-order valence-electron chi connectivity index (χ4n) is 2.77. The summed E-state index contributed by atoms with van der Waals surface area (Å²) in [7, 11) is 0. The number of halogens is 1. The highest BCUT2D eigenvalue weighted by Crippen LogP contribution is 2.33. The number of rotatable bonds is 3. The van der Waals surface area contributed by atoms with E-state index in [2.05, 4.69) is 18.2 Å². The molecule has 0 aliphatic heterocycles. The van der Waals surface area contributed by atoms with E-state index in [1.54, 1.807) is 6.07 Å². The van der Waals surface area contributed by atoms with Crippen molar-refractivity contribution in [1.29, 1.82) is 0 Å². The van der Waals surface area contributed by atoms with Crippen molar-refractivity contribution in [2.24, 2.45) is 0 Å². The number of anilines is 1. The van der Waals surface area contributed by atoms with Crippen molar-refractivity contribution in [3.63, 3.8) is 0 Å². The summed E-state index contributed by atoms with van der Waals surface area (Å²) in [6, 6.07) is 12.9. The van der Waals surface area contributed by atoms with Gasteiger partial charge in [0.05, 0.1) is 12.7 Å². The van der Waals surface area contributed by atoms with E-state index in [4.69, 9.17) is 10.5 Å². The number of aryl methyl sites for hydroxylation is 1. The Kier molecular flexibility index (Phi) is 3.70. The van der Waals surface area contributed by atoms with Crippen molar-refractivity contribution in [1.82, 2.24) is 0 Å². The summed E-state index contributed by atoms with van der Waals surface area (Å²) in [5.41, 5.74) is 9.75. The summed E-state index contributed by atoms with van der Waals surface area (Å²) in [5, 5.41) is 0. The van der Waals surface area contributed by atoms with Crippen LogP contribution in [-0.2, 0) is 17.8 Å². The van der Waals surface area contributed by atoms with Crippen LogP contribution in [0.15, 0.2) is 42.5 Å². The van der Waals surface area contributed by atoms with Crippen LogP contribution in [0.5, 0.6) is 0 Å². The van der Waals surface area contributed by atoms with Crippen molar-refractivity contribution in [3.8, 4) is 0 Å². The normalized spacial score (nSPS) is 17.8. The van der Waals surface area contributed by atoms with Gasteiger partial charge in [-0.3, -0.25) is 0 Å². The Morgan fingerprint density at radius 3 is 2.90 bits per heavy atom. The van der Waals surface area contributed by atoms with Crippen molar-refractivity contribution < 1.29 is 9.13 Å². The molecule has 20 heavy (non-hydrogen) atoms. The first-order chi connectivity index (χ1) is 9.74. The van der Waals surface area contributed by atoms with Crippen LogP contribution in [0.4, 0.5) is 10.1 Å². The molecule has 2 aromatic rings. The molecule has 0 saturated heterocycles. The maximum Gasteiger partial charge on any atom is 0.125 e. The Balaban J connectivity index is 1.73. The summed E-state index contributed by atoms with van der Waals surface area (Å²) in [5.74, 6) is -0.311. The summed E-state index contributed by atoms with van der Waals surface area (Å²) in [6.07, 6.45) is 3.40. The fourth-order valence-corrected chi connectivity index (χ4v) is 2.77. The molecule has 2 nitrogen and oxygen atoms in total. The van der Waals surface area contributed by atoms with Crippen LogP contribution in [0, 0.1) is 5.82 Å². The minimum absolute atomic E-state index is 0.115. The molecule has 104 valence electrons. The number of hydrogen-bond donors (Lipinski definition) is 1. The third-order valence-electron chi connectivity index (χ3n) is 3.86. The van der Waals surface area contributed by atoms with Gasteiger partial charge in [0.1, 0.15) is 5.82 Å². The van der Waals surface area contributed by atoms with Gasteiger partial charge in [0.2, 0.25) is 0 Å². The van der Waals surface area contributed by atoms with Gasteiger partial charge >= 0.3 is 0 Å². The van der Waals surface area contributed by atoms with Crippen molar-refractivity contribution in [3.05, 3.63) is 65.0 Å². The summed E-state index contributed by atoms with van der Waals surface area (Å²) in [4.78, 5) is 0. The molecule has 0 heterocycles. The minimum Gasteiger partial charge on any atom is -0.398 e. The standard InChI is InChI=1S/C17H18FNO/c18-14-9-8-13(16(19)10-14)11-20-17-7-3-5-12-4-1-2-6-15(12)17/h1-2,4,6,8-10,17H,3,5,7,11,19H2. The van der Waals surface area contributed by atoms with Crippen LogP contribution in [0.25, 0.3) is 0 Å². The SMILES string of the molecule is Nc1cc(F)ccc1COC1CCCc2ccccc21. The molecule has 0 fully saturated rings. The molecule has 0 amide bonds.